The molecule has 0 radical (unpaired) electrons. The first-order valence-corrected chi connectivity index (χ1v) is 14.4. The number of amides is 1. The van der Waals surface area contributed by atoms with Crippen molar-refractivity contribution in [3.05, 3.63) is 65.7 Å². The van der Waals surface area contributed by atoms with E-state index >= 15 is 0 Å². The van der Waals surface area contributed by atoms with Gasteiger partial charge in [0.25, 0.3) is 0 Å². The zero-order chi connectivity index (χ0) is 24.3. The van der Waals surface area contributed by atoms with Crippen molar-refractivity contribution in [3.63, 3.8) is 0 Å². The Kier molecular flexibility index (Phi) is 7.56. The number of nitrogens with one attached hydrogen (secondary N) is 1. The third-order valence-corrected chi connectivity index (χ3v) is 11.0. The third kappa shape index (κ3) is 6.82. The number of carbonyl (C=O) groups excluding carboxylic acids is 1. The molecule has 2 N–H and O–H groups in total. The minimum atomic E-state index is -1.92. The van der Waals surface area contributed by atoms with Crippen LogP contribution in [0.2, 0.25) is 18.1 Å². The van der Waals surface area contributed by atoms with Crippen molar-refractivity contribution in [1.29, 1.82) is 0 Å². The maximum absolute atomic E-state index is 12.5. The summed E-state index contributed by atoms with van der Waals surface area (Å²) in [7, 11) is -1.92. The van der Waals surface area contributed by atoms with Gasteiger partial charge in [-0.1, -0.05) is 63.2 Å². The molecule has 2 aromatic rings. The van der Waals surface area contributed by atoms with E-state index in [1.54, 1.807) is 0 Å². The highest BCUT2D eigenvalue weighted by Crippen LogP contribution is 2.37. The van der Waals surface area contributed by atoms with Crippen molar-refractivity contribution in [2.75, 3.05) is 6.61 Å². The summed E-state index contributed by atoms with van der Waals surface area (Å²) in [6.07, 6.45) is -0.976. The molecular formula is C26H37NO5Si. The van der Waals surface area contributed by atoms with Crippen LogP contribution in [0.15, 0.2) is 54.6 Å². The molecule has 1 amide bonds. The lowest BCUT2D eigenvalue weighted by Crippen LogP contribution is -2.50. The summed E-state index contributed by atoms with van der Waals surface area (Å²) in [5.74, 6) is 0.843. The Balaban J connectivity index is 1.64. The van der Waals surface area contributed by atoms with E-state index in [-0.39, 0.29) is 11.6 Å². The second-order valence-corrected chi connectivity index (χ2v) is 15.3. The number of rotatable bonds is 9. The van der Waals surface area contributed by atoms with Crippen LogP contribution in [-0.4, -0.2) is 43.9 Å². The van der Waals surface area contributed by atoms with Crippen molar-refractivity contribution >= 4 is 14.4 Å². The number of aliphatic hydroxyl groups excluding tert-OH is 1. The average Bonchev–Trinajstić information content (AvgIpc) is 3.51. The largest absolute Gasteiger partial charge is 0.544 e. The molecule has 3 atom stereocenters. The summed E-state index contributed by atoms with van der Waals surface area (Å²) in [4.78, 5) is 12.5. The zero-order valence-electron chi connectivity index (χ0n) is 20.6. The molecule has 2 aromatic carbocycles. The van der Waals surface area contributed by atoms with Crippen LogP contribution >= 0.6 is 0 Å². The van der Waals surface area contributed by atoms with E-state index in [0.717, 1.165) is 16.9 Å². The molecule has 0 aromatic heterocycles. The van der Waals surface area contributed by atoms with Gasteiger partial charge in [-0.3, -0.25) is 0 Å². The quantitative estimate of drug-likeness (QED) is 0.395. The van der Waals surface area contributed by atoms with Crippen LogP contribution in [-0.2, 0) is 22.5 Å². The average molecular weight is 472 g/mol. The van der Waals surface area contributed by atoms with E-state index < -0.39 is 32.2 Å². The Hall–Kier alpha value is -2.35. The molecule has 0 aliphatic carbocycles. The van der Waals surface area contributed by atoms with Gasteiger partial charge >= 0.3 is 6.09 Å². The van der Waals surface area contributed by atoms with Crippen LogP contribution in [0.25, 0.3) is 0 Å². The van der Waals surface area contributed by atoms with E-state index in [0.29, 0.717) is 13.0 Å². The van der Waals surface area contributed by atoms with Gasteiger partial charge in [0.15, 0.2) is 0 Å². The first-order valence-electron chi connectivity index (χ1n) is 11.5. The fourth-order valence-corrected chi connectivity index (χ4v) is 4.29. The van der Waals surface area contributed by atoms with Crippen molar-refractivity contribution in [2.24, 2.45) is 0 Å². The van der Waals surface area contributed by atoms with Gasteiger partial charge in [-0.05, 0) is 54.7 Å². The van der Waals surface area contributed by atoms with Crippen LogP contribution in [0.5, 0.6) is 5.75 Å². The SMILES string of the molecule is CC(C)(C)[Si](C)(C)Oc1ccc(CC(NC(=O)OCc2ccccc2)C(O)[C@]2(C)CO2)cc1. The molecule has 1 saturated heterocycles. The first kappa shape index (κ1) is 25.3. The monoisotopic (exact) mass is 471 g/mol. The third-order valence-electron chi connectivity index (χ3n) is 6.68. The Morgan fingerprint density at radius 1 is 1.12 bits per heavy atom. The zero-order valence-corrected chi connectivity index (χ0v) is 21.6. The highest BCUT2D eigenvalue weighted by atomic mass is 28.4. The Bertz CT molecular complexity index is 920. The summed E-state index contributed by atoms with van der Waals surface area (Å²) >= 11 is 0. The van der Waals surface area contributed by atoms with Crippen molar-refractivity contribution in [3.8, 4) is 5.75 Å². The summed E-state index contributed by atoms with van der Waals surface area (Å²) in [6, 6.07) is 16.8. The van der Waals surface area contributed by atoms with Crippen molar-refractivity contribution in [2.45, 2.75) is 76.6 Å². The van der Waals surface area contributed by atoms with Crippen molar-refractivity contribution in [1.82, 2.24) is 5.32 Å². The molecule has 1 heterocycles. The highest BCUT2D eigenvalue weighted by molar-refractivity contribution is 6.74. The lowest BCUT2D eigenvalue weighted by Gasteiger charge is -2.36. The predicted molar refractivity (Wildman–Crippen MR) is 132 cm³/mol. The molecule has 1 aliphatic rings. The fourth-order valence-electron chi connectivity index (χ4n) is 3.26. The number of epoxide rings is 1. The lowest BCUT2D eigenvalue weighted by molar-refractivity contribution is 0.0469. The minimum Gasteiger partial charge on any atom is -0.544 e. The highest BCUT2D eigenvalue weighted by Gasteiger charge is 2.50. The minimum absolute atomic E-state index is 0.116. The van der Waals surface area contributed by atoms with E-state index in [4.69, 9.17) is 13.9 Å². The van der Waals surface area contributed by atoms with E-state index in [9.17, 15) is 9.90 Å². The Morgan fingerprint density at radius 2 is 1.73 bits per heavy atom. The molecule has 0 spiro atoms. The van der Waals surface area contributed by atoms with Gasteiger partial charge in [-0.15, -0.1) is 0 Å². The fraction of sp³-hybridized carbons (Fsp3) is 0.500. The predicted octanol–water partition coefficient (Wildman–Crippen LogP) is 5.06. The Morgan fingerprint density at radius 3 is 2.27 bits per heavy atom. The van der Waals surface area contributed by atoms with Crippen LogP contribution < -0.4 is 9.74 Å². The van der Waals surface area contributed by atoms with Crippen LogP contribution in [0, 0.1) is 0 Å². The van der Waals surface area contributed by atoms with Gasteiger partial charge in [0.1, 0.15) is 24.1 Å². The number of hydrogen-bond donors (Lipinski definition) is 2. The smallest absolute Gasteiger partial charge is 0.407 e. The van der Waals surface area contributed by atoms with Gasteiger partial charge in [-0.2, -0.15) is 0 Å². The lowest BCUT2D eigenvalue weighted by atomic mass is 9.93. The normalized spacial score (nSPS) is 20.0. The van der Waals surface area contributed by atoms with Crippen LogP contribution in [0.3, 0.4) is 0 Å². The number of alkyl carbamates (subject to hydrolysis) is 1. The van der Waals surface area contributed by atoms with Gasteiger partial charge < -0.3 is 24.3 Å². The second-order valence-electron chi connectivity index (χ2n) is 10.6. The second kappa shape index (κ2) is 9.87. The van der Waals surface area contributed by atoms with E-state index in [2.05, 4.69) is 39.2 Å². The molecule has 0 bridgehead atoms. The molecule has 1 aliphatic heterocycles. The molecule has 6 nitrogen and oxygen atoms in total. The van der Waals surface area contributed by atoms with Gasteiger partial charge in [0.05, 0.1) is 12.6 Å². The van der Waals surface area contributed by atoms with Gasteiger partial charge in [0.2, 0.25) is 8.32 Å². The molecule has 0 saturated carbocycles. The maximum atomic E-state index is 12.5. The summed E-state index contributed by atoms with van der Waals surface area (Å²) in [6.45, 7) is 13.5. The first-order chi connectivity index (χ1) is 15.4. The van der Waals surface area contributed by atoms with Crippen molar-refractivity contribution < 1.29 is 23.8 Å². The summed E-state index contributed by atoms with van der Waals surface area (Å²) in [5, 5.41) is 13.8. The van der Waals surface area contributed by atoms with Crippen LogP contribution in [0.1, 0.15) is 38.8 Å². The van der Waals surface area contributed by atoms with Gasteiger partial charge in [0, 0.05) is 0 Å². The topological polar surface area (TPSA) is 80.3 Å². The number of benzene rings is 2. The van der Waals surface area contributed by atoms with Crippen LogP contribution in [0.4, 0.5) is 4.79 Å². The molecular weight excluding hydrogens is 434 g/mol. The van der Waals surface area contributed by atoms with Gasteiger partial charge in [-0.25, -0.2) is 4.79 Å². The number of carbonyl (C=O) groups is 1. The number of hydrogen-bond acceptors (Lipinski definition) is 5. The molecule has 180 valence electrons. The maximum Gasteiger partial charge on any atom is 0.407 e. The summed E-state index contributed by atoms with van der Waals surface area (Å²) < 4.78 is 17.2. The molecule has 2 unspecified atom stereocenters. The molecule has 33 heavy (non-hydrogen) atoms. The summed E-state index contributed by atoms with van der Waals surface area (Å²) in [5.41, 5.74) is 1.23. The van der Waals surface area contributed by atoms with E-state index in [1.807, 2.05) is 61.5 Å². The standard InChI is InChI=1S/C26H37NO5Si/c1-25(2,3)33(5,6)32-21-14-12-19(13-15-21)16-22(23(28)26(4)18-31-26)27-24(29)30-17-20-10-8-7-9-11-20/h7-15,22-23,28H,16-18H2,1-6H3,(H,27,29)/t22?,23?,26-/m0/s1. The number of ether oxygens (including phenoxy) is 2. The Labute approximate surface area is 198 Å². The molecule has 3 rings (SSSR count). The number of aliphatic hydroxyl groups is 1. The molecule has 1 fully saturated rings. The molecule has 7 heteroatoms. The van der Waals surface area contributed by atoms with E-state index in [1.165, 1.54) is 0 Å².